The molecular formula is C27H35FN7O7PS. The van der Waals surface area contributed by atoms with Gasteiger partial charge in [-0.2, -0.15) is 10.4 Å². The molecule has 2 aromatic heterocycles. The molecule has 0 aliphatic carbocycles. The number of alkyl halides is 1. The molecule has 1 saturated heterocycles. The second-order valence-electron chi connectivity index (χ2n) is 11.0. The van der Waals surface area contributed by atoms with Crippen LogP contribution in [0.25, 0.3) is 5.65 Å². The van der Waals surface area contributed by atoms with Crippen LogP contribution in [0.3, 0.4) is 0 Å². The van der Waals surface area contributed by atoms with Gasteiger partial charge in [0.25, 0.3) is 0 Å². The first-order chi connectivity index (χ1) is 20.7. The van der Waals surface area contributed by atoms with Gasteiger partial charge in [-0.05, 0) is 33.3 Å². The Balaban J connectivity index is 1.53. The zero-order chi connectivity index (χ0) is 32.3. The fourth-order valence-corrected chi connectivity index (χ4v) is 6.72. The lowest BCUT2D eigenvalue weighted by atomic mass is 9.82. The highest BCUT2D eigenvalue weighted by Crippen LogP contribution is 2.51. The molecule has 238 valence electrons. The molecule has 1 aliphatic rings. The molecule has 4 rings (SSSR count). The van der Waals surface area contributed by atoms with Crippen LogP contribution in [0.5, 0.6) is 0 Å². The summed E-state index contributed by atoms with van der Waals surface area (Å²) >= 11 is 0.904. The van der Waals surface area contributed by atoms with Gasteiger partial charge in [-0.15, -0.1) is 0 Å². The zero-order valence-electron chi connectivity index (χ0n) is 24.6. The first-order valence-corrected chi connectivity index (χ1v) is 16.1. The van der Waals surface area contributed by atoms with Crippen molar-refractivity contribution in [2.75, 3.05) is 31.3 Å². The smallest absolute Gasteiger partial charge is 0.395 e. The number of imidazole rings is 1. The van der Waals surface area contributed by atoms with Gasteiger partial charge in [0.05, 0.1) is 31.4 Å². The number of aliphatic hydroxyl groups is 2. The number of ether oxygens (including phenoxy) is 1. The highest BCUT2D eigenvalue weighted by molar-refractivity contribution is 8.13. The Morgan fingerprint density at radius 1 is 1.36 bits per heavy atom. The predicted octanol–water partition coefficient (Wildman–Crippen LogP) is 2.43. The number of rotatable bonds is 13. The fourth-order valence-electron chi connectivity index (χ4n) is 4.48. The summed E-state index contributed by atoms with van der Waals surface area (Å²) in [6, 6.07) is 10.8. The molecule has 1 fully saturated rings. The Morgan fingerprint density at radius 3 is 2.73 bits per heavy atom. The number of nitriles is 1. The summed E-state index contributed by atoms with van der Waals surface area (Å²) in [6.07, 6.45) is -2.22. The van der Waals surface area contributed by atoms with E-state index in [1.165, 1.54) is 6.20 Å². The number of aliphatic hydroxyl groups excluding tert-OH is 2. The average molecular weight is 652 g/mol. The molecule has 44 heavy (non-hydrogen) atoms. The molecule has 5 atom stereocenters. The maximum Gasteiger partial charge on any atom is 0.405 e. The quantitative estimate of drug-likeness (QED) is 0.155. The van der Waals surface area contributed by atoms with Crippen LogP contribution in [0, 0.1) is 23.7 Å². The van der Waals surface area contributed by atoms with Crippen molar-refractivity contribution in [2.24, 2.45) is 5.41 Å². The Hall–Kier alpha value is -3.00. The number of halogens is 1. The summed E-state index contributed by atoms with van der Waals surface area (Å²) in [6.45, 7) is 4.66. The molecule has 0 saturated carbocycles. The lowest BCUT2D eigenvalue weighted by molar-refractivity contribution is -0.119. The van der Waals surface area contributed by atoms with Gasteiger partial charge in [0, 0.05) is 12.3 Å². The van der Waals surface area contributed by atoms with Crippen LogP contribution < -0.4 is 10.8 Å². The molecule has 1 aromatic carbocycles. The number of nitrogens with zero attached hydrogens (tertiary/aromatic N) is 5. The number of anilines is 1. The number of aromatic nitrogens is 4. The number of thioether (sulfide) groups is 1. The van der Waals surface area contributed by atoms with E-state index >= 15 is 4.39 Å². The van der Waals surface area contributed by atoms with Gasteiger partial charge in [0.15, 0.2) is 22.2 Å². The Labute approximate surface area is 257 Å². The lowest BCUT2D eigenvalue weighted by Gasteiger charge is -2.30. The average Bonchev–Trinajstić information content (AvgIpc) is 3.50. The van der Waals surface area contributed by atoms with E-state index < -0.39 is 43.2 Å². The molecule has 17 heteroatoms. The summed E-state index contributed by atoms with van der Waals surface area (Å²) in [4.78, 5) is 20.5. The molecule has 0 radical (unpaired) electrons. The molecule has 3 aromatic rings. The van der Waals surface area contributed by atoms with Gasteiger partial charge in [-0.25, -0.2) is 28.5 Å². The highest BCUT2D eigenvalue weighted by atomic mass is 32.2. The van der Waals surface area contributed by atoms with Crippen LogP contribution in [-0.2, 0) is 35.3 Å². The normalized spacial score (nSPS) is 25.1. The molecular weight excluding hydrogens is 616 g/mol. The van der Waals surface area contributed by atoms with Crippen molar-refractivity contribution in [3.63, 3.8) is 0 Å². The van der Waals surface area contributed by atoms with Gasteiger partial charge in [0.2, 0.25) is 5.60 Å². The van der Waals surface area contributed by atoms with E-state index in [0.29, 0.717) is 0 Å². The van der Waals surface area contributed by atoms with Crippen molar-refractivity contribution < 1.29 is 37.7 Å². The fraction of sp³-hybridized carbons (Fsp3) is 0.519. The van der Waals surface area contributed by atoms with Gasteiger partial charge < -0.3 is 20.7 Å². The van der Waals surface area contributed by atoms with E-state index in [9.17, 15) is 24.8 Å². The molecule has 0 amide bonds. The predicted molar refractivity (Wildman–Crippen MR) is 159 cm³/mol. The second kappa shape index (κ2) is 13.2. The third-order valence-corrected chi connectivity index (χ3v) is 9.93. The topological polar surface area (TPSA) is 207 Å². The Kier molecular flexibility index (Phi) is 10.1. The van der Waals surface area contributed by atoms with Crippen LogP contribution in [0.1, 0.15) is 37.9 Å². The van der Waals surface area contributed by atoms with Crippen LogP contribution in [0.4, 0.5) is 10.2 Å². The number of hydrogen-bond donors (Lipinski definition) is 4. The van der Waals surface area contributed by atoms with Gasteiger partial charge in [-0.3, -0.25) is 13.8 Å². The lowest BCUT2D eigenvalue weighted by Crippen LogP contribution is -2.48. The van der Waals surface area contributed by atoms with Crippen molar-refractivity contribution in [2.45, 2.75) is 57.7 Å². The largest absolute Gasteiger partial charge is 0.405 e. The Morgan fingerprint density at radius 2 is 2.07 bits per heavy atom. The minimum absolute atomic E-state index is 0.00167. The van der Waals surface area contributed by atoms with E-state index in [-0.39, 0.29) is 53.6 Å². The van der Waals surface area contributed by atoms with Crippen LogP contribution in [0.2, 0.25) is 0 Å². The van der Waals surface area contributed by atoms with Gasteiger partial charge in [0.1, 0.15) is 29.8 Å². The van der Waals surface area contributed by atoms with Crippen LogP contribution in [-0.4, -0.2) is 78.4 Å². The van der Waals surface area contributed by atoms with Crippen molar-refractivity contribution in [1.29, 1.82) is 5.26 Å². The number of nitrogens with one attached hydrogen (secondary N) is 1. The minimum atomic E-state index is -4.15. The third kappa shape index (κ3) is 6.65. The van der Waals surface area contributed by atoms with Crippen LogP contribution >= 0.6 is 19.5 Å². The first kappa shape index (κ1) is 33.9. The van der Waals surface area contributed by atoms with E-state index in [2.05, 4.69) is 20.2 Å². The van der Waals surface area contributed by atoms with E-state index in [4.69, 9.17) is 19.5 Å². The number of nitrogens with two attached hydrogens (primary N) is 1. The zero-order valence-corrected chi connectivity index (χ0v) is 26.3. The van der Waals surface area contributed by atoms with Crippen molar-refractivity contribution in [3.05, 3.63) is 53.6 Å². The number of hydrogen-bond acceptors (Lipinski definition) is 13. The summed E-state index contributed by atoms with van der Waals surface area (Å²) < 4.78 is 48.4. The highest BCUT2D eigenvalue weighted by Gasteiger charge is 2.67. The molecule has 5 N–H and O–H groups in total. The number of carbonyl (C=O) groups excluding carboxylic acids is 1. The molecule has 0 bridgehead atoms. The van der Waals surface area contributed by atoms with Gasteiger partial charge in [-0.1, -0.05) is 42.1 Å². The number of carbonyl (C=O) groups is 1. The number of fused-ring (bicyclic) bond motifs is 1. The number of benzene rings is 1. The summed E-state index contributed by atoms with van der Waals surface area (Å²) in [7, 11) is -4.15. The standard InChI is InChI=1S/C27H35FN7O7PS/c1-17-33-22(30)23-31-13-20(35(23)34-17)27(15-29)26(4,28)21(37)19(42-27)14-41-43(39,32-12-18-8-6-5-7-9-18)40-10-11-44-24(38)25(2,3)16-36/h5-9,13,19,21,36-37H,10-12,14,16H2,1-4H3,(H,32,39)(H2,30,33,34)/t19-,21-,26-,27+,43?/m1/s1. The molecule has 1 aliphatic heterocycles. The maximum atomic E-state index is 16.4. The summed E-state index contributed by atoms with van der Waals surface area (Å²) in [5, 5.41) is 37.3. The maximum absolute atomic E-state index is 16.4. The summed E-state index contributed by atoms with van der Waals surface area (Å²) in [5.41, 5.74) is 0.542. The number of nitrogen functional groups attached to an aromatic ring is 1. The molecule has 0 spiro atoms. The van der Waals surface area contributed by atoms with E-state index in [1.54, 1.807) is 45.0 Å². The number of aryl methyl sites for hydroxylation is 1. The van der Waals surface area contributed by atoms with Crippen LogP contribution in [0.15, 0.2) is 36.5 Å². The minimum Gasteiger partial charge on any atom is -0.395 e. The first-order valence-electron chi connectivity index (χ1n) is 13.6. The van der Waals surface area contributed by atoms with Crippen molar-refractivity contribution >= 4 is 36.1 Å². The van der Waals surface area contributed by atoms with E-state index in [0.717, 1.165) is 28.8 Å². The molecule has 14 nitrogen and oxygen atoms in total. The monoisotopic (exact) mass is 651 g/mol. The summed E-state index contributed by atoms with van der Waals surface area (Å²) in [5.74, 6) is 0.325. The van der Waals surface area contributed by atoms with Crippen molar-refractivity contribution in [1.82, 2.24) is 24.7 Å². The van der Waals surface area contributed by atoms with E-state index in [1.807, 2.05) is 12.1 Å². The molecule has 3 heterocycles. The van der Waals surface area contributed by atoms with Crippen molar-refractivity contribution in [3.8, 4) is 6.07 Å². The SMILES string of the molecule is Cc1nc(N)c2ncc([C@]3(C#N)O[C@H](COP(=O)(NCc4ccccc4)OCCSC(=O)C(C)(C)CO)[C@@H](O)[C@@]3(C)F)n2n1. The molecule has 1 unspecified atom stereocenters. The second-order valence-corrected chi connectivity index (χ2v) is 13.9. The third-order valence-electron chi connectivity index (χ3n) is 7.19. The Bertz CT molecular complexity index is 1590. The van der Waals surface area contributed by atoms with Gasteiger partial charge >= 0.3 is 7.75 Å².